The van der Waals surface area contributed by atoms with Crippen LogP contribution in [0.4, 0.5) is 11.4 Å². The maximum Gasteiger partial charge on any atom is 0.243 e. The van der Waals surface area contributed by atoms with Crippen molar-refractivity contribution in [3.05, 3.63) is 24.3 Å². The van der Waals surface area contributed by atoms with Crippen molar-refractivity contribution < 1.29 is 9.59 Å². The number of hydrogen-bond acceptors (Lipinski definition) is 3. The van der Waals surface area contributed by atoms with E-state index in [-0.39, 0.29) is 18.4 Å². The Morgan fingerprint density at radius 2 is 1.78 bits per heavy atom. The molecule has 2 rings (SSSR count). The first-order valence-electron chi connectivity index (χ1n) is 8.50. The molecule has 0 radical (unpaired) electrons. The van der Waals surface area contributed by atoms with E-state index in [1.807, 2.05) is 19.1 Å². The third kappa shape index (κ3) is 5.27. The van der Waals surface area contributed by atoms with Gasteiger partial charge in [-0.1, -0.05) is 6.92 Å². The van der Waals surface area contributed by atoms with E-state index in [1.54, 1.807) is 4.90 Å². The minimum absolute atomic E-state index is 0.0672. The molecule has 0 saturated carbocycles. The van der Waals surface area contributed by atoms with Gasteiger partial charge in [-0.05, 0) is 49.9 Å². The quantitative estimate of drug-likeness (QED) is 0.878. The van der Waals surface area contributed by atoms with Gasteiger partial charge in [0.25, 0.3) is 0 Å². The molecule has 0 aliphatic carbocycles. The Morgan fingerprint density at radius 1 is 1.13 bits per heavy atom. The highest BCUT2D eigenvalue weighted by atomic mass is 16.2. The molecular formula is C18H27N3O2. The second kappa shape index (κ2) is 8.56. The molecule has 1 aliphatic rings. The first-order valence-corrected chi connectivity index (χ1v) is 8.50. The Balaban J connectivity index is 1.89. The fraction of sp³-hybridized carbons (Fsp3) is 0.556. The SMILES string of the molecule is CCCN(CC(=O)Nc1ccc(N2CCCCC2)cc1)C(C)=O. The molecule has 0 spiro atoms. The van der Waals surface area contributed by atoms with Crippen molar-refractivity contribution in [1.29, 1.82) is 0 Å². The second-order valence-electron chi connectivity index (χ2n) is 6.08. The molecular weight excluding hydrogens is 290 g/mol. The van der Waals surface area contributed by atoms with E-state index < -0.39 is 0 Å². The summed E-state index contributed by atoms with van der Waals surface area (Å²) in [5.41, 5.74) is 1.98. The van der Waals surface area contributed by atoms with Crippen LogP contribution in [0.2, 0.25) is 0 Å². The number of carbonyl (C=O) groups is 2. The molecule has 1 heterocycles. The number of amides is 2. The van der Waals surface area contributed by atoms with Gasteiger partial charge in [-0.15, -0.1) is 0 Å². The van der Waals surface area contributed by atoms with Gasteiger partial charge in [0.05, 0.1) is 6.54 Å². The maximum absolute atomic E-state index is 12.1. The third-order valence-electron chi connectivity index (χ3n) is 4.15. The highest BCUT2D eigenvalue weighted by molar-refractivity contribution is 5.94. The topological polar surface area (TPSA) is 52.7 Å². The van der Waals surface area contributed by atoms with Crippen LogP contribution in [0, 0.1) is 0 Å². The van der Waals surface area contributed by atoms with Crippen molar-refractivity contribution in [3.8, 4) is 0 Å². The lowest BCUT2D eigenvalue weighted by Crippen LogP contribution is -2.37. The Bertz CT molecular complexity index is 522. The number of nitrogens with zero attached hydrogens (tertiary/aromatic N) is 2. The zero-order valence-electron chi connectivity index (χ0n) is 14.2. The summed E-state index contributed by atoms with van der Waals surface area (Å²) >= 11 is 0. The number of piperidine rings is 1. The Hall–Kier alpha value is -2.04. The van der Waals surface area contributed by atoms with E-state index in [9.17, 15) is 9.59 Å². The molecule has 23 heavy (non-hydrogen) atoms. The van der Waals surface area contributed by atoms with Gasteiger partial charge >= 0.3 is 0 Å². The lowest BCUT2D eigenvalue weighted by Gasteiger charge is -2.28. The average Bonchev–Trinajstić information content (AvgIpc) is 2.56. The van der Waals surface area contributed by atoms with Gasteiger partial charge in [0, 0.05) is 37.9 Å². The van der Waals surface area contributed by atoms with Crippen molar-refractivity contribution >= 4 is 23.2 Å². The summed E-state index contributed by atoms with van der Waals surface area (Å²) in [6.45, 7) is 6.42. The predicted molar refractivity (Wildman–Crippen MR) is 93.7 cm³/mol. The first-order chi connectivity index (χ1) is 11.1. The smallest absolute Gasteiger partial charge is 0.243 e. The molecule has 5 nitrogen and oxygen atoms in total. The van der Waals surface area contributed by atoms with Crippen LogP contribution in [-0.4, -0.2) is 42.9 Å². The molecule has 2 amide bonds. The second-order valence-corrected chi connectivity index (χ2v) is 6.08. The average molecular weight is 317 g/mol. The van der Waals surface area contributed by atoms with E-state index in [1.165, 1.54) is 31.9 Å². The van der Waals surface area contributed by atoms with Gasteiger partial charge in [0.15, 0.2) is 0 Å². The van der Waals surface area contributed by atoms with Crippen molar-refractivity contribution in [2.75, 3.05) is 36.4 Å². The monoisotopic (exact) mass is 317 g/mol. The highest BCUT2D eigenvalue weighted by Gasteiger charge is 2.13. The normalized spacial score (nSPS) is 14.4. The standard InChI is InChI=1S/C18H27N3O2/c1-3-11-21(15(2)22)14-18(23)19-16-7-9-17(10-8-16)20-12-5-4-6-13-20/h7-10H,3-6,11-14H2,1-2H3,(H,19,23). The van der Waals surface area contributed by atoms with Crippen LogP contribution in [0.1, 0.15) is 39.5 Å². The van der Waals surface area contributed by atoms with Crippen LogP contribution >= 0.6 is 0 Å². The van der Waals surface area contributed by atoms with Crippen LogP contribution < -0.4 is 10.2 Å². The molecule has 1 aliphatic heterocycles. The van der Waals surface area contributed by atoms with Gasteiger partial charge < -0.3 is 15.1 Å². The fourth-order valence-corrected chi connectivity index (χ4v) is 2.90. The molecule has 5 heteroatoms. The van der Waals surface area contributed by atoms with Crippen LogP contribution in [0.25, 0.3) is 0 Å². The molecule has 1 aromatic carbocycles. The van der Waals surface area contributed by atoms with Gasteiger partial charge in [-0.3, -0.25) is 9.59 Å². The summed E-state index contributed by atoms with van der Waals surface area (Å²) in [6, 6.07) is 7.96. The lowest BCUT2D eigenvalue weighted by atomic mass is 10.1. The van der Waals surface area contributed by atoms with Crippen LogP contribution in [-0.2, 0) is 9.59 Å². The summed E-state index contributed by atoms with van der Waals surface area (Å²) in [6.07, 6.45) is 4.65. The Morgan fingerprint density at radius 3 is 2.35 bits per heavy atom. The summed E-state index contributed by atoms with van der Waals surface area (Å²) < 4.78 is 0. The number of nitrogens with one attached hydrogen (secondary N) is 1. The summed E-state index contributed by atoms with van der Waals surface area (Å²) in [5.74, 6) is -0.221. The van der Waals surface area contributed by atoms with E-state index in [2.05, 4.69) is 22.3 Å². The molecule has 0 atom stereocenters. The summed E-state index contributed by atoms with van der Waals surface area (Å²) in [5, 5.41) is 2.86. The van der Waals surface area contributed by atoms with Crippen LogP contribution in [0.5, 0.6) is 0 Å². The van der Waals surface area contributed by atoms with E-state index in [0.717, 1.165) is 25.2 Å². The highest BCUT2D eigenvalue weighted by Crippen LogP contribution is 2.21. The van der Waals surface area contributed by atoms with Crippen molar-refractivity contribution in [1.82, 2.24) is 4.90 Å². The molecule has 0 unspecified atom stereocenters. The molecule has 0 aromatic heterocycles. The summed E-state index contributed by atoms with van der Waals surface area (Å²) in [7, 11) is 0. The maximum atomic E-state index is 12.1. The largest absolute Gasteiger partial charge is 0.372 e. The first kappa shape index (κ1) is 17.3. The molecule has 1 N–H and O–H groups in total. The molecule has 1 saturated heterocycles. The fourth-order valence-electron chi connectivity index (χ4n) is 2.90. The van der Waals surface area contributed by atoms with E-state index in [0.29, 0.717) is 6.54 Å². The van der Waals surface area contributed by atoms with Crippen molar-refractivity contribution in [2.45, 2.75) is 39.5 Å². The molecule has 1 aromatic rings. The van der Waals surface area contributed by atoms with Gasteiger partial charge in [-0.25, -0.2) is 0 Å². The Labute approximate surface area is 138 Å². The van der Waals surface area contributed by atoms with Crippen molar-refractivity contribution in [3.63, 3.8) is 0 Å². The number of hydrogen-bond donors (Lipinski definition) is 1. The number of anilines is 2. The minimum atomic E-state index is -0.153. The zero-order chi connectivity index (χ0) is 16.7. The van der Waals surface area contributed by atoms with Crippen LogP contribution in [0.3, 0.4) is 0 Å². The molecule has 1 fully saturated rings. The van der Waals surface area contributed by atoms with Gasteiger partial charge in [-0.2, -0.15) is 0 Å². The molecule has 126 valence electrons. The zero-order valence-corrected chi connectivity index (χ0v) is 14.2. The minimum Gasteiger partial charge on any atom is -0.372 e. The number of benzene rings is 1. The van der Waals surface area contributed by atoms with Crippen molar-refractivity contribution in [2.24, 2.45) is 0 Å². The third-order valence-corrected chi connectivity index (χ3v) is 4.15. The summed E-state index contributed by atoms with van der Waals surface area (Å²) in [4.78, 5) is 27.5. The number of rotatable bonds is 6. The number of carbonyl (C=O) groups excluding carboxylic acids is 2. The van der Waals surface area contributed by atoms with E-state index >= 15 is 0 Å². The van der Waals surface area contributed by atoms with Crippen LogP contribution in [0.15, 0.2) is 24.3 Å². The van der Waals surface area contributed by atoms with Gasteiger partial charge in [0.1, 0.15) is 0 Å². The Kier molecular flexibility index (Phi) is 6.44. The van der Waals surface area contributed by atoms with E-state index in [4.69, 9.17) is 0 Å². The lowest BCUT2D eigenvalue weighted by molar-refractivity contribution is -0.132. The van der Waals surface area contributed by atoms with Gasteiger partial charge in [0.2, 0.25) is 11.8 Å². The molecule has 0 bridgehead atoms. The predicted octanol–water partition coefficient (Wildman–Crippen LogP) is 2.87.